The summed E-state index contributed by atoms with van der Waals surface area (Å²) in [4.78, 5) is 6.90. The molecule has 1 aliphatic heterocycles. The summed E-state index contributed by atoms with van der Waals surface area (Å²) in [7, 11) is 1.59. The molecule has 0 amide bonds. The number of nitrogens with zero attached hydrogens (tertiary/aromatic N) is 4. The molecule has 1 aromatic carbocycles. The molecule has 6 nitrogen and oxygen atoms in total. The van der Waals surface area contributed by atoms with E-state index >= 15 is 0 Å². The first-order chi connectivity index (χ1) is 11.7. The molecule has 1 aromatic heterocycles. The maximum absolute atomic E-state index is 6.17. The summed E-state index contributed by atoms with van der Waals surface area (Å²) < 4.78 is 5.17. The fraction of sp³-hybridized carbons (Fsp3) is 0.471. The van der Waals surface area contributed by atoms with Crippen LogP contribution in [0.25, 0.3) is 0 Å². The van der Waals surface area contributed by atoms with Crippen LogP contribution in [0.5, 0.6) is 5.75 Å². The van der Waals surface area contributed by atoms with Crippen molar-refractivity contribution in [2.75, 3.05) is 23.9 Å². The van der Waals surface area contributed by atoms with E-state index in [1.807, 2.05) is 12.1 Å². The summed E-state index contributed by atoms with van der Waals surface area (Å²) in [5.41, 5.74) is 0.831. The molecule has 1 N–H and O–H groups in total. The van der Waals surface area contributed by atoms with Gasteiger partial charge in [-0.1, -0.05) is 18.5 Å². The number of hydrogen-bond donors (Lipinski definition) is 1. The van der Waals surface area contributed by atoms with Crippen LogP contribution in [0.15, 0.2) is 24.4 Å². The van der Waals surface area contributed by atoms with Crippen LogP contribution in [-0.4, -0.2) is 34.9 Å². The molecule has 0 radical (unpaired) electrons. The molecular formula is C17H22ClN5O. The minimum absolute atomic E-state index is 0.492. The maximum Gasteiger partial charge on any atom is 0.247 e. The highest BCUT2D eigenvalue weighted by Crippen LogP contribution is 2.29. The van der Waals surface area contributed by atoms with Crippen molar-refractivity contribution in [1.29, 1.82) is 0 Å². The molecule has 2 heterocycles. The third-order valence-corrected chi connectivity index (χ3v) is 4.62. The van der Waals surface area contributed by atoms with Gasteiger partial charge in [0, 0.05) is 18.3 Å². The van der Waals surface area contributed by atoms with E-state index in [-0.39, 0.29) is 0 Å². The number of hydrogen-bond acceptors (Lipinski definition) is 6. The lowest BCUT2D eigenvalue weighted by Gasteiger charge is -2.34. The lowest BCUT2D eigenvalue weighted by molar-refractivity contribution is 0.415. The molecule has 24 heavy (non-hydrogen) atoms. The van der Waals surface area contributed by atoms with Gasteiger partial charge in [0.15, 0.2) is 5.82 Å². The molecule has 2 aromatic rings. The molecule has 0 saturated carbocycles. The Bertz CT molecular complexity index is 696. The van der Waals surface area contributed by atoms with Gasteiger partial charge in [-0.15, -0.1) is 5.10 Å². The molecule has 0 bridgehead atoms. The first kappa shape index (κ1) is 16.8. The van der Waals surface area contributed by atoms with E-state index in [9.17, 15) is 0 Å². The molecule has 7 heteroatoms. The van der Waals surface area contributed by atoms with E-state index in [1.54, 1.807) is 19.4 Å². The van der Waals surface area contributed by atoms with Crippen LogP contribution >= 0.6 is 11.6 Å². The van der Waals surface area contributed by atoms with E-state index in [2.05, 4.69) is 32.3 Å². The zero-order valence-corrected chi connectivity index (χ0v) is 14.8. The number of methoxy groups -OCH3 is 1. The highest BCUT2D eigenvalue weighted by atomic mass is 35.5. The Hall–Kier alpha value is -2.08. The topological polar surface area (TPSA) is 63.2 Å². The van der Waals surface area contributed by atoms with Crippen molar-refractivity contribution >= 4 is 29.1 Å². The molecule has 0 spiro atoms. The minimum atomic E-state index is 0.492. The molecule has 1 fully saturated rings. The van der Waals surface area contributed by atoms with Gasteiger partial charge in [0.25, 0.3) is 0 Å². The van der Waals surface area contributed by atoms with E-state index in [0.29, 0.717) is 28.6 Å². The molecule has 1 saturated heterocycles. The van der Waals surface area contributed by atoms with Gasteiger partial charge in [0.2, 0.25) is 5.95 Å². The average Bonchev–Trinajstić information content (AvgIpc) is 2.62. The van der Waals surface area contributed by atoms with Crippen molar-refractivity contribution in [2.45, 2.75) is 38.6 Å². The number of benzene rings is 1. The Morgan fingerprint density at radius 2 is 2.25 bits per heavy atom. The summed E-state index contributed by atoms with van der Waals surface area (Å²) in [6.45, 7) is 3.19. The number of piperidine rings is 1. The molecule has 1 aliphatic rings. The predicted molar refractivity (Wildman–Crippen MR) is 96.4 cm³/mol. The minimum Gasteiger partial charge on any atom is -0.495 e. The highest BCUT2D eigenvalue weighted by Gasteiger charge is 2.23. The molecule has 3 rings (SSSR count). The van der Waals surface area contributed by atoms with Gasteiger partial charge in [-0.3, -0.25) is 0 Å². The highest BCUT2D eigenvalue weighted by molar-refractivity contribution is 6.32. The second kappa shape index (κ2) is 7.66. The molecule has 1 atom stereocenters. The Balaban J connectivity index is 1.79. The Morgan fingerprint density at radius 3 is 3.00 bits per heavy atom. The average molecular weight is 348 g/mol. The van der Waals surface area contributed by atoms with Crippen molar-refractivity contribution in [3.05, 3.63) is 29.4 Å². The lowest BCUT2D eigenvalue weighted by atomic mass is 10.0. The van der Waals surface area contributed by atoms with Crippen LogP contribution in [0.3, 0.4) is 0 Å². The standard InChI is InChI=1S/C17H22ClN5O/c1-3-13-6-4-5-9-23(13)17-21-16(11-19-22-17)20-12-7-8-15(24-2)14(18)10-12/h7-8,10-11,13H,3-6,9H2,1-2H3,(H,20,21,22). The zero-order valence-electron chi connectivity index (χ0n) is 14.0. The normalized spacial score (nSPS) is 17.6. The van der Waals surface area contributed by atoms with Gasteiger partial charge < -0.3 is 15.0 Å². The van der Waals surface area contributed by atoms with Gasteiger partial charge >= 0.3 is 0 Å². The monoisotopic (exact) mass is 347 g/mol. The van der Waals surface area contributed by atoms with Gasteiger partial charge in [-0.25, -0.2) is 0 Å². The Morgan fingerprint density at radius 1 is 1.38 bits per heavy atom. The van der Waals surface area contributed by atoms with Crippen LogP contribution in [0.1, 0.15) is 32.6 Å². The lowest BCUT2D eigenvalue weighted by Crippen LogP contribution is -2.40. The van der Waals surface area contributed by atoms with Crippen LogP contribution < -0.4 is 15.0 Å². The van der Waals surface area contributed by atoms with Gasteiger partial charge in [0.05, 0.1) is 18.3 Å². The van der Waals surface area contributed by atoms with E-state index in [1.165, 1.54) is 19.3 Å². The molecule has 128 valence electrons. The second-order valence-electron chi connectivity index (χ2n) is 5.87. The van der Waals surface area contributed by atoms with E-state index in [0.717, 1.165) is 18.7 Å². The van der Waals surface area contributed by atoms with Crippen molar-refractivity contribution < 1.29 is 4.74 Å². The van der Waals surface area contributed by atoms with Crippen molar-refractivity contribution in [2.24, 2.45) is 0 Å². The molecular weight excluding hydrogens is 326 g/mol. The van der Waals surface area contributed by atoms with Gasteiger partial charge in [-0.05, 0) is 43.9 Å². The van der Waals surface area contributed by atoms with Crippen LogP contribution in [-0.2, 0) is 0 Å². The summed E-state index contributed by atoms with van der Waals surface area (Å²) in [6.07, 6.45) is 6.34. The zero-order chi connectivity index (χ0) is 16.9. The third-order valence-electron chi connectivity index (χ3n) is 4.33. The molecule has 1 unspecified atom stereocenters. The fourth-order valence-electron chi connectivity index (χ4n) is 3.06. The molecule has 0 aliphatic carbocycles. The number of nitrogens with one attached hydrogen (secondary N) is 1. The van der Waals surface area contributed by atoms with Gasteiger partial charge in [-0.2, -0.15) is 10.1 Å². The quantitative estimate of drug-likeness (QED) is 0.880. The fourth-order valence-corrected chi connectivity index (χ4v) is 3.31. The van der Waals surface area contributed by atoms with Crippen LogP contribution in [0.4, 0.5) is 17.5 Å². The number of aromatic nitrogens is 3. The number of anilines is 3. The summed E-state index contributed by atoms with van der Waals surface area (Å²) in [5, 5.41) is 12.1. The van der Waals surface area contributed by atoms with Gasteiger partial charge in [0.1, 0.15) is 5.75 Å². The first-order valence-electron chi connectivity index (χ1n) is 8.28. The summed E-state index contributed by atoms with van der Waals surface area (Å²) in [5.74, 6) is 1.98. The summed E-state index contributed by atoms with van der Waals surface area (Å²) >= 11 is 6.17. The van der Waals surface area contributed by atoms with Crippen molar-refractivity contribution in [3.63, 3.8) is 0 Å². The van der Waals surface area contributed by atoms with E-state index in [4.69, 9.17) is 16.3 Å². The Labute approximate surface area is 147 Å². The third kappa shape index (κ3) is 3.70. The van der Waals surface area contributed by atoms with Crippen molar-refractivity contribution in [3.8, 4) is 5.75 Å². The first-order valence-corrected chi connectivity index (χ1v) is 8.66. The summed E-state index contributed by atoms with van der Waals surface area (Å²) in [6, 6.07) is 6.00. The number of rotatable bonds is 5. The number of ether oxygens (including phenoxy) is 1. The van der Waals surface area contributed by atoms with Crippen LogP contribution in [0.2, 0.25) is 5.02 Å². The smallest absolute Gasteiger partial charge is 0.247 e. The predicted octanol–water partition coefficient (Wildman–Crippen LogP) is 4.05. The van der Waals surface area contributed by atoms with E-state index < -0.39 is 0 Å². The van der Waals surface area contributed by atoms with Crippen LogP contribution in [0, 0.1) is 0 Å². The van der Waals surface area contributed by atoms with Crippen molar-refractivity contribution in [1.82, 2.24) is 15.2 Å². The maximum atomic E-state index is 6.17. The largest absolute Gasteiger partial charge is 0.495 e. The number of halogens is 1. The second-order valence-corrected chi connectivity index (χ2v) is 6.27. The Kier molecular flexibility index (Phi) is 5.35. The SMILES string of the molecule is CCC1CCCCN1c1nncc(Nc2ccc(OC)c(Cl)c2)n1.